The minimum Gasteiger partial charge on any atom is -0.289 e. The van der Waals surface area contributed by atoms with Crippen LogP contribution in [0, 0.1) is 0 Å². The zero-order chi connectivity index (χ0) is 8.65. The van der Waals surface area contributed by atoms with Gasteiger partial charge in [0, 0.05) is 4.48 Å². The minimum atomic E-state index is -0.438. The van der Waals surface area contributed by atoms with E-state index in [0.717, 1.165) is 4.48 Å². The van der Waals surface area contributed by atoms with E-state index in [4.69, 9.17) is 0 Å². The molecule has 0 saturated heterocycles. The van der Waals surface area contributed by atoms with Gasteiger partial charge in [0.2, 0.25) is 0 Å². The monoisotopic (exact) mass is 406 g/mol. The van der Waals surface area contributed by atoms with Crippen LogP contribution in [-0.4, -0.2) is 9.02 Å². The summed E-state index contributed by atoms with van der Waals surface area (Å²) in [5.41, 5.74) is 0. The Balaban J connectivity index is 3.08. The Morgan fingerprint density at radius 1 is 1.27 bits per heavy atom. The van der Waals surface area contributed by atoms with Crippen molar-refractivity contribution in [3.8, 4) is 0 Å². The van der Waals surface area contributed by atoms with Crippen LogP contribution in [-0.2, 0) is 4.79 Å². The molecule has 1 aliphatic rings. The quantitative estimate of drug-likeness (QED) is 0.559. The SMILES string of the molecule is O=C1C=C(Br)C(Br)(Br)C=C1Br. The minimum absolute atomic E-state index is 0.0357. The molecule has 1 aliphatic carbocycles. The lowest BCUT2D eigenvalue weighted by Crippen LogP contribution is -2.15. The summed E-state index contributed by atoms with van der Waals surface area (Å²) in [6, 6.07) is 0. The van der Waals surface area contributed by atoms with Crippen LogP contribution in [0.25, 0.3) is 0 Å². The third kappa shape index (κ3) is 2.26. The molecule has 0 N–H and O–H groups in total. The summed E-state index contributed by atoms with van der Waals surface area (Å²) in [7, 11) is 0. The highest BCUT2D eigenvalue weighted by Crippen LogP contribution is 2.43. The maximum Gasteiger partial charge on any atom is 0.193 e. The number of hydrogen-bond acceptors (Lipinski definition) is 1. The van der Waals surface area contributed by atoms with Crippen molar-refractivity contribution in [1.82, 2.24) is 0 Å². The molecule has 60 valence electrons. The highest BCUT2D eigenvalue weighted by molar-refractivity contribution is 9.26. The molecule has 1 nitrogen and oxygen atoms in total. The summed E-state index contributed by atoms with van der Waals surface area (Å²) in [4.78, 5) is 11.0. The Morgan fingerprint density at radius 2 is 1.82 bits per heavy atom. The van der Waals surface area contributed by atoms with Gasteiger partial charge in [-0.05, 0) is 28.1 Å². The summed E-state index contributed by atoms with van der Waals surface area (Å²) in [6.45, 7) is 0. The lowest BCUT2D eigenvalue weighted by molar-refractivity contribution is -0.110. The molecule has 0 aromatic rings. The zero-order valence-electron chi connectivity index (χ0n) is 5.07. The van der Waals surface area contributed by atoms with Gasteiger partial charge in [-0.2, -0.15) is 0 Å². The van der Waals surface area contributed by atoms with E-state index in [1.54, 1.807) is 6.08 Å². The van der Waals surface area contributed by atoms with Gasteiger partial charge in [-0.3, -0.25) is 4.79 Å². The lowest BCUT2D eigenvalue weighted by Gasteiger charge is -2.19. The van der Waals surface area contributed by atoms with Gasteiger partial charge in [-0.15, -0.1) is 0 Å². The predicted molar refractivity (Wildman–Crippen MR) is 59.6 cm³/mol. The molecule has 0 aromatic heterocycles. The van der Waals surface area contributed by atoms with Gasteiger partial charge in [0.25, 0.3) is 0 Å². The molecule has 0 atom stereocenters. The standard InChI is InChI=1S/C6H2Br4O/c7-3-2-6(9,10)5(8)1-4(3)11/h1-2H. The topological polar surface area (TPSA) is 17.1 Å². The molecule has 0 spiro atoms. The summed E-state index contributed by atoms with van der Waals surface area (Å²) in [5, 5.41) is 0. The van der Waals surface area contributed by atoms with Gasteiger partial charge in [-0.25, -0.2) is 0 Å². The van der Waals surface area contributed by atoms with Crippen molar-refractivity contribution in [3.63, 3.8) is 0 Å². The average molecular weight is 410 g/mol. The number of halogens is 4. The first kappa shape index (κ1) is 10.2. The van der Waals surface area contributed by atoms with Gasteiger partial charge in [0.1, 0.15) is 3.23 Å². The molecular weight excluding hydrogens is 408 g/mol. The van der Waals surface area contributed by atoms with Crippen molar-refractivity contribution in [2.24, 2.45) is 0 Å². The molecule has 0 aliphatic heterocycles. The van der Waals surface area contributed by atoms with E-state index >= 15 is 0 Å². The van der Waals surface area contributed by atoms with Crippen molar-refractivity contribution in [2.45, 2.75) is 3.23 Å². The molecule has 0 bridgehead atoms. The number of rotatable bonds is 0. The van der Waals surface area contributed by atoms with Crippen LogP contribution in [0.15, 0.2) is 21.1 Å². The molecule has 11 heavy (non-hydrogen) atoms. The van der Waals surface area contributed by atoms with E-state index in [9.17, 15) is 4.79 Å². The lowest BCUT2D eigenvalue weighted by atomic mass is 10.2. The van der Waals surface area contributed by atoms with Crippen LogP contribution >= 0.6 is 63.7 Å². The third-order valence-electron chi connectivity index (χ3n) is 1.12. The van der Waals surface area contributed by atoms with Crippen molar-refractivity contribution < 1.29 is 4.79 Å². The fraction of sp³-hybridized carbons (Fsp3) is 0.167. The number of carbonyl (C=O) groups is 1. The van der Waals surface area contributed by atoms with Crippen molar-refractivity contribution in [2.75, 3.05) is 0 Å². The number of ketones is 1. The molecule has 1 rings (SSSR count). The Labute approximate surface area is 97.8 Å². The van der Waals surface area contributed by atoms with Crippen LogP contribution in [0.1, 0.15) is 0 Å². The normalized spacial score (nSPS) is 22.7. The summed E-state index contributed by atoms with van der Waals surface area (Å²) in [6.07, 6.45) is 3.24. The molecule has 0 radical (unpaired) electrons. The highest BCUT2D eigenvalue weighted by Gasteiger charge is 2.29. The van der Waals surface area contributed by atoms with Crippen molar-refractivity contribution in [1.29, 1.82) is 0 Å². The highest BCUT2D eigenvalue weighted by atomic mass is 79.9. The van der Waals surface area contributed by atoms with Crippen LogP contribution in [0.5, 0.6) is 0 Å². The van der Waals surface area contributed by atoms with E-state index < -0.39 is 3.23 Å². The second kappa shape index (κ2) is 3.44. The number of alkyl halides is 2. The van der Waals surface area contributed by atoms with E-state index in [-0.39, 0.29) is 5.78 Å². The Morgan fingerprint density at radius 3 is 2.27 bits per heavy atom. The van der Waals surface area contributed by atoms with Crippen LogP contribution in [0.3, 0.4) is 0 Å². The van der Waals surface area contributed by atoms with Gasteiger partial charge >= 0.3 is 0 Å². The molecular formula is C6H2Br4O. The fourth-order valence-electron chi connectivity index (χ4n) is 0.579. The molecule has 0 unspecified atom stereocenters. The maximum absolute atomic E-state index is 11.0. The Kier molecular flexibility index (Phi) is 3.17. The molecule has 0 saturated carbocycles. The molecule has 5 heteroatoms. The first-order valence-electron chi connectivity index (χ1n) is 2.61. The predicted octanol–water partition coefficient (Wildman–Crippen LogP) is 3.61. The zero-order valence-corrected chi connectivity index (χ0v) is 11.4. The fourth-order valence-corrected chi connectivity index (χ4v) is 2.66. The first-order valence-corrected chi connectivity index (χ1v) is 5.79. The number of carbonyl (C=O) groups excluding carboxylic acids is 1. The van der Waals surface area contributed by atoms with Crippen molar-refractivity contribution in [3.05, 3.63) is 21.1 Å². The Hall–Kier alpha value is 1.07. The second-order valence-corrected chi connectivity index (χ2v) is 7.25. The average Bonchev–Trinajstić information content (AvgIpc) is 1.83. The van der Waals surface area contributed by atoms with E-state index in [0.29, 0.717) is 4.48 Å². The molecule has 0 fully saturated rings. The van der Waals surface area contributed by atoms with Gasteiger partial charge in [0.05, 0.1) is 4.48 Å². The van der Waals surface area contributed by atoms with Crippen LogP contribution in [0.4, 0.5) is 0 Å². The summed E-state index contributed by atoms with van der Waals surface area (Å²) < 4.78 is 0.875. The Bertz CT molecular complexity index is 264. The third-order valence-corrected chi connectivity index (χ3v) is 4.97. The number of allylic oxidation sites excluding steroid dienone is 4. The van der Waals surface area contributed by atoms with E-state index in [1.807, 2.05) is 0 Å². The van der Waals surface area contributed by atoms with Gasteiger partial charge in [0.15, 0.2) is 5.78 Å². The van der Waals surface area contributed by atoms with Gasteiger partial charge < -0.3 is 0 Å². The van der Waals surface area contributed by atoms with E-state index in [1.165, 1.54) is 6.08 Å². The van der Waals surface area contributed by atoms with Gasteiger partial charge in [-0.1, -0.05) is 47.8 Å². The molecule has 0 heterocycles. The summed E-state index contributed by atoms with van der Waals surface area (Å²) in [5.74, 6) is -0.0357. The van der Waals surface area contributed by atoms with Crippen LogP contribution in [0.2, 0.25) is 0 Å². The van der Waals surface area contributed by atoms with Crippen molar-refractivity contribution >= 4 is 69.5 Å². The smallest absolute Gasteiger partial charge is 0.193 e. The first-order chi connectivity index (χ1) is 4.93. The van der Waals surface area contributed by atoms with Crippen LogP contribution < -0.4 is 0 Å². The molecule has 0 aromatic carbocycles. The second-order valence-electron chi connectivity index (χ2n) is 1.97. The molecule has 0 amide bonds. The number of hydrogen-bond donors (Lipinski definition) is 0. The van der Waals surface area contributed by atoms with E-state index in [2.05, 4.69) is 63.7 Å². The maximum atomic E-state index is 11.0. The summed E-state index contributed by atoms with van der Waals surface area (Å²) >= 11 is 13.1. The largest absolute Gasteiger partial charge is 0.289 e.